The maximum absolute atomic E-state index is 9.07. The second-order valence-electron chi connectivity index (χ2n) is 4.23. The number of rotatable bonds is 3. The van der Waals surface area contributed by atoms with E-state index in [1.807, 2.05) is 37.3 Å². The maximum Gasteiger partial charge on any atom is 0.101 e. The van der Waals surface area contributed by atoms with Gasteiger partial charge in [-0.2, -0.15) is 5.26 Å². The summed E-state index contributed by atoms with van der Waals surface area (Å²) in [6, 6.07) is 13.5. The molecule has 0 saturated carbocycles. The number of hydrogen-bond acceptors (Lipinski definition) is 2. The van der Waals surface area contributed by atoms with Crippen LogP contribution in [-0.2, 0) is 6.54 Å². The summed E-state index contributed by atoms with van der Waals surface area (Å²) in [5, 5.41) is 13.1. The largest absolute Gasteiger partial charge is 0.380 e. The highest BCUT2D eigenvalue weighted by molar-refractivity contribution is 9.10. The Bertz CT molecular complexity index is 647. The number of nitrogens with one attached hydrogen (secondary N) is 1. The molecule has 4 heteroatoms. The van der Waals surface area contributed by atoms with Gasteiger partial charge in [0.2, 0.25) is 0 Å². The van der Waals surface area contributed by atoms with Gasteiger partial charge in [-0.3, -0.25) is 0 Å². The Morgan fingerprint density at radius 3 is 2.74 bits per heavy atom. The van der Waals surface area contributed by atoms with E-state index in [1.165, 1.54) is 0 Å². The van der Waals surface area contributed by atoms with E-state index < -0.39 is 0 Å². The molecule has 0 amide bonds. The molecule has 19 heavy (non-hydrogen) atoms. The van der Waals surface area contributed by atoms with Crippen LogP contribution in [0.5, 0.6) is 0 Å². The molecular weight excluding hydrogens is 324 g/mol. The van der Waals surface area contributed by atoms with Gasteiger partial charge >= 0.3 is 0 Å². The number of aryl methyl sites for hydroxylation is 1. The Balaban J connectivity index is 2.19. The lowest BCUT2D eigenvalue weighted by Gasteiger charge is -2.11. The van der Waals surface area contributed by atoms with Crippen molar-refractivity contribution in [1.82, 2.24) is 0 Å². The third-order valence-corrected chi connectivity index (χ3v) is 3.60. The predicted molar refractivity (Wildman–Crippen MR) is 82.4 cm³/mol. The molecule has 0 saturated heterocycles. The zero-order chi connectivity index (χ0) is 13.8. The molecule has 2 aromatic carbocycles. The highest BCUT2D eigenvalue weighted by atomic mass is 79.9. The highest BCUT2D eigenvalue weighted by Gasteiger charge is 2.04. The number of benzene rings is 2. The molecule has 0 heterocycles. The minimum absolute atomic E-state index is 0.634. The molecule has 2 rings (SSSR count). The summed E-state index contributed by atoms with van der Waals surface area (Å²) in [5.74, 6) is 0. The van der Waals surface area contributed by atoms with Gasteiger partial charge in [-0.25, -0.2) is 0 Å². The summed E-state index contributed by atoms with van der Waals surface area (Å²) < 4.78 is 0.946. The minimum Gasteiger partial charge on any atom is -0.380 e. The second kappa shape index (κ2) is 6.10. The second-order valence-corrected chi connectivity index (χ2v) is 5.58. The van der Waals surface area contributed by atoms with Gasteiger partial charge in [-0.05, 0) is 48.4 Å². The molecule has 0 bridgehead atoms. The number of nitriles is 1. The van der Waals surface area contributed by atoms with Crippen molar-refractivity contribution < 1.29 is 0 Å². The van der Waals surface area contributed by atoms with Crippen molar-refractivity contribution in [3.05, 3.63) is 62.6 Å². The fourth-order valence-corrected chi connectivity index (χ4v) is 2.40. The van der Waals surface area contributed by atoms with Crippen LogP contribution in [0.2, 0.25) is 5.02 Å². The molecule has 0 unspecified atom stereocenters. The number of hydrogen-bond donors (Lipinski definition) is 1. The third-order valence-electron chi connectivity index (χ3n) is 2.88. The van der Waals surface area contributed by atoms with Gasteiger partial charge in [0.15, 0.2) is 0 Å². The lowest BCUT2D eigenvalue weighted by Crippen LogP contribution is -2.03. The van der Waals surface area contributed by atoms with Gasteiger partial charge in [0.1, 0.15) is 6.07 Å². The Morgan fingerprint density at radius 1 is 1.26 bits per heavy atom. The Hall–Kier alpha value is -1.50. The zero-order valence-corrected chi connectivity index (χ0v) is 12.7. The van der Waals surface area contributed by atoms with E-state index in [1.54, 1.807) is 6.07 Å². The van der Waals surface area contributed by atoms with Crippen LogP contribution in [0.3, 0.4) is 0 Å². The summed E-state index contributed by atoms with van der Waals surface area (Å²) in [4.78, 5) is 0. The molecule has 0 spiro atoms. The van der Waals surface area contributed by atoms with Crippen molar-refractivity contribution in [2.24, 2.45) is 0 Å². The average Bonchev–Trinajstić information content (AvgIpc) is 2.38. The van der Waals surface area contributed by atoms with Crippen molar-refractivity contribution in [2.75, 3.05) is 5.32 Å². The van der Waals surface area contributed by atoms with Gasteiger partial charge in [0, 0.05) is 16.0 Å². The van der Waals surface area contributed by atoms with Crippen molar-refractivity contribution >= 4 is 33.2 Å². The van der Waals surface area contributed by atoms with Crippen LogP contribution >= 0.6 is 27.5 Å². The van der Waals surface area contributed by atoms with E-state index in [0.29, 0.717) is 12.1 Å². The predicted octanol–water partition coefficient (Wildman–Crippen LogP) is 4.89. The smallest absolute Gasteiger partial charge is 0.101 e. The van der Waals surface area contributed by atoms with E-state index in [-0.39, 0.29) is 0 Å². The Morgan fingerprint density at radius 2 is 2.05 bits per heavy atom. The van der Waals surface area contributed by atoms with Crippen molar-refractivity contribution in [3.8, 4) is 6.07 Å². The van der Waals surface area contributed by atoms with Crippen molar-refractivity contribution in [2.45, 2.75) is 13.5 Å². The van der Waals surface area contributed by atoms with Gasteiger partial charge < -0.3 is 5.32 Å². The molecule has 0 aromatic heterocycles. The van der Waals surface area contributed by atoms with E-state index in [0.717, 1.165) is 26.3 Å². The molecule has 0 aliphatic rings. The molecule has 96 valence electrons. The maximum atomic E-state index is 9.07. The van der Waals surface area contributed by atoms with Gasteiger partial charge in [0.25, 0.3) is 0 Å². The summed E-state index contributed by atoms with van der Waals surface area (Å²) in [7, 11) is 0. The fraction of sp³-hybridized carbons (Fsp3) is 0.133. The molecule has 0 radical (unpaired) electrons. The van der Waals surface area contributed by atoms with Gasteiger partial charge in [0.05, 0.1) is 11.3 Å². The zero-order valence-electron chi connectivity index (χ0n) is 10.4. The van der Waals surface area contributed by atoms with Crippen LogP contribution in [0.1, 0.15) is 16.7 Å². The van der Waals surface area contributed by atoms with E-state index in [2.05, 4.69) is 27.3 Å². The van der Waals surface area contributed by atoms with Crippen LogP contribution in [-0.4, -0.2) is 0 Å². The first-order valence-electron chi connectivity index (χ1n) is 5.78. The average molecular weight is 336 g/mol. The van der Waals surface area contributed by atoms with E-state index in [4.69, 9.17) is 16.9 Å². The first kappa shape index (κ1) is 13.9. The van der Waals surface area contributed by atoms with Crippen LogP contribution in [0.4, 0.5) is 5.69 Å². The summed E-state index contributed by atoms with van der Waals surface area (Å²) in [6.07, 6.45) is 0. The molecule has 2 aromatic rings. The molecule has 0 atom stereocenters. The van der Waals surface area contributed by atoms with E-state index in [9.17, 15) is 0 Å². The summed E-state index contributed by atoms with van der Waals surface area (Å²) in [5.41, 5.74) is 3.75. The van der Waals surface area contributed by atoms with Gasteiger partial charge in [-0.1, -0.05) is 33.6 Å². The number of anilines is 1. The summed E-state index contributed by atoms with van der Waals surface area (Å²) in [6.45, 7) is 2.68. The van der Waals surface area contributed by atoms with Crippen LogP contribution < -0.4 is 5.32 Å². The highest BCUT2D eigenvalue weighted by Crippen LogP contribution is 2.22. The molecule has 0 aliphatic carbocycles. The van der Waals surface area contributed by atoms with Gasteiger partial charge in [-0.15, -0.1) is 0 Å². The summed E-state index contributed by atoms with van der Waals surface area (Å²) >= 11 is 9.34. The van der Waals surface area contributed by atoms with Crippen LogP contribution in [0.15, 0.2) is 40.9 Å². The topological polar surface area (TPSA) is 35.8 Å². The third kappa shape index (κ3) is 3.50. The molecule has 0 aliphatic heterocycles. The molecule has 2 nitrogen and oxygen atoms in total. The van der Waals surface area contributed by atoms with Crippen molar-refractivity contribution in [1.29, 1.82) is 5.26 Å². The van der Waals surface area contributed by atoms with Crippen LogP contribution in [0.25, 0.3) is 0 Å². The lowest BCUT2D eigenvalue weighted by atomic mass is 10.1. The normalized spacial score (nSPS) is 10.0. The molecule has 1 N–H and O–H groups in total. The van der Waals surface area contributed by atoms with Crippen LogP contribution in [0, 0.1) is 18.3 Å². The lowest BCUT2D eigenvalue weighted by molar-refractivity contribution is 1.12. The number of nitrogens with zero attached hydrogens (tertiary/aromatic N) is 1. The monoisotopic (exact) mass is 334 g/mol. The molecular formula is C15H12BrClN2. The standard InChI is InChI=1S/C15H12BrClN2/c1-10-6-14(17)5-3-12(10)9-19-15-7-13(16)4-2-11(15)8-18/h2-7,19H,9H2,1H3. The minimum atomic E-state index is 0.634. The molecule has 0 fully saturated rings. The Labute approximate surface area is 126 Å². The number of halogens is 2. The van der Waals surface area contributed by atoms with Crippen molar-refractivity contribution in [3.63, 3.8) is 0 Å². The first-order chi connectivity index (χ1) is 9.10. The van der Waals surface area contributed by atoms with E-state index >= 15 is 0 Å². The fourth-order valence-electron chi connectivity index (χ4n) is 1.81. The SMILES string of the molecule is Cc1cc(Cl)ccc1CNc1cc(Br)ccc1C#N. The quantitative estimate of drug-likeness (QED) is 0.866. The first-order valence-corrected chi connectivity index (χ1v) is 6.96. The Kier molecular flexibility index (Phi) is 4.47.